The van der Waals surface area contributed by atoms with Crippen LogP contribution in [-0.4, -0.2) is 23.4 Å². The third-order valence-electron chi connectivity index (χ3n) is 5.78. The molecule has 0 saturated carbocycles. The smallest absolute Gasteiger partial charge is 0.328 e. The normalized spacial score (nSPS) is 16.4. The minimum absolute atomic E-state index is 0.158. The van der Waals surface area contributed by atoms with Crippen LogP contribution in [0.5, 0.6) is 5.75 Å². The van der Waals surface area contributed by atoms with E-state index in [1.807, 2.05) is 30.0 Å². The summed E-state index contributed by atoms with van der Waals surface area (Å²) in [7, 11) is 0. The summed E-state index contributed by atoms with van der Waals surface area (Å²) in [6, 6.07) is 4.55. The Morgan fingerprint density at radius 3 is 2.65 bits per heavy atom. The van der Waals surface area contributed by atoms with E-state index in [4.69, 9.17) is 9.84 Å². The van der Waals surface area contributed by atoms with Crippen LogP contribution in [0.1, 0.15) is 84.3 Å². The van der Waals surface area contributed by atoms with Crippen molar-refractivity contribution in [2.24, 2.45) is 0 Å². The number of hydrogen-bond donors (Lipinski definition) is 1. The summed E-state index contributed by atoms with van der Waals surface area (Å²) in [4.78, 5) is 12.1. The lowest BCUT2D eigenvalue weighted by molar-refractivity contribution is -0.131. The highest BCUT2D eigenvalue weighted by molar-refractivity contribution is 7.99. The monoisotopic (exact) mass is 442 g/mol. The van der Waals surface area contributed by atoms with Crippen LogP contribution in [0.15, 0.2) is 46.9 Å². The number of carbonyl (C=O) groups is 1. The zero-order valence-corrected chi connectivity index (χ0v) is 20.6. The molecule has 2 rings (SSSR count). The maximum Gasteiger partial charge on any atom is 0.328 e. The molecule has 0 atom stereocenters. The van der Waals surface area contributed by atoms with Crippen molar-refractivity contribution in [1.29, 1.82) is 0 Å². The van der Waals surface area contributed by atoms with Gasteiger partial charge >= 0.3 is 5.97 Å². The fourth-order valence-corrected chi connectivity index (χ4v) is 5.27. The molecule has 1 N–H and O–H groups in total. The minimum atomic E-state index is -0.924. The third-order valence-corrected chi connectivity index (χ3v) is 6.84. The molecule has 0 radical (unpaired) electrons. The molecule has 0 unspecified atom stereocenters. The molecular weight excluding hydrogens is 404 g/mol. The second kappa shape index (κ2) is 12.2. The van der Waals surface area contributed by atoms with Gasteiger partial charge in [-0.2, -0.15) is 0 Å². The van der Waals surface area contributed by atoms with Crippen LogP contribution in [-0.2, 0) is 10.2 Å². The van der Waals surface area contributed by atoms with Crippen LogP contribution in [0.4, 0.5) is 0 Å². The average Bonchev–Trinajstić information content (AvgIpc) is 2.69. The van der Waals surface area contributed by atoms with Gasteiger partial charge in [0.1, 0.15) is 5.75 Å². The van der Waals surface area contributed by atoms with Gasteiger partial charge in [0, 0.05) is 16.5 Å². The van der Waals surface area contributed by atoms with Gasteiger partial charge in [0.2, 0.25) is 0 Å². The van der Waals surface area contributed by atoms with Crippen LogP contribution in [0.2, 0.25) is 0 Å². The van der Waals surface area contributed by atoms with E-state index in [0.717, 1.165) is 35.7 Å². The summed E-state index contributed by atoms with van der Waals surface area (Å²) in [6.45, 7) is 11.5. The number of allylic oxidation sites excluding steroid dienone is 5. The van der Waals surface area contributed by atoms with Crippen molar-refractivity contribution in [2.75, 3.05) is 12.4 Å². The van der Waals surface area contributed by atoms with Gasteiger partial charge in [-0.25, -0.2) is 4.79 Å². The van der Waals surface area contributed by atoms with Gasteiger partial charge in [0.05, 0.1) is 6.61 Å². The van der Waals surface area contributed by atoms with E-state index in [1.165, 1.54) is 48.6 Å². The van der Waals surface area contributed by atoms with E-state index in [0.29, 0.717) is 5.57 Å². The fraction of sp³-hybridized carbons (Fsp3) is 0.519. The van der Waals surface area contributed by atoms with E-state index in [2.05, 4.69) is 39.8 Å². The number of rotatable bonds is 11. The Hall–Kier alpha value is -1.94. The molecule has 1 aliphatic rings. The fourth-order valence-electron chi connectivity index (χ4n) is 3.75. The molecule has 0 aromatic heterocycles. The van der Waals surface area contributed by atoms with Crippen molar-refractivity contribution in [1.82, 2.24) is 0 Å². The highest BCUT2D eigenvalue weighted by Crippen LogP contribution is 2.45. The molecule has 1 heterocycles. The van der Waals surface area contributed by atoms with E-state index in [-0.39, 0.29) is 5.41 Å². The maximum absolute atomic E-state index is 10.8. The Labute approximate surface area is 192 Å². The van der Waals surface area contributed by atoms with Crippen LogP contribution in [0, 0.1) is 0 Å². The summed E-state index contributed by atoms with van der Waals surface area (Å²) in [5.41, 5.74) is 4.52. The summed E-state index contributed by atoms with van der Waals surface area (Å²) in [5.74, 6) is 1.18. The van der Waals surface area contributed by atoms with E-state index >= 15 is 0 Å². The van der Waals surface area contributed by atoms with Crippen molar-refractivity contribution in [3.63, 3.8) is 0 Å². The second-order valence-corrected chi connectivity index (χ2v) is 10.2. The zero-order valence-electron chi connectivity index (χ0n) is 19.8. The van der Waals surface area contributed by atoms with Crippen molar-refractivity contribution in [3.05, 3.63) is 53.1 Å². The number of thioether (sulfide) groups is 1. The first-order valence-electron chi connectivity index (χ1n) is 11.5. The van der Waals surface area contributed by atoms with Gasteiger partial charge in [-0.1, -0.05) is 64.7 Å². The van der Waals surface area contributed by atoms with E-state index in [9.17, 15) is 4.79 Å². The van der Waals surface area contributed by atoms with Gasteiger partial charge in [0.25, 0.3) is 0 Å². The zero-order chi connectivity index (χ0) is 22.9. The second-order valence-electron chi connectivity index (χ2n) is 9.02. The number of carboxylic acid groups (broad SMARTS) is 1. The van der Waals surface area contributed by atoms with Crippen molar-refractivity contribution < 1.29 is 14.6 Å². The lowest BCUT2D eigenvalue weighted by Crippen LogP contribution is -2.23. The Bertz CT molecular complexity index is 846. The number of carboxylic acids is 1. The SMILES string of the molecule is CCCCCCCOc1cc2c(cc1\C(C)=C/C=C/C(C)=C/C(=O)O)C(C)(C)CCS2. The molecule has 0 fully saturated rings. The minimum Gasteiger partial charge on any atom is -0.493 e. The topological polar surface area (TPSA) is 46.5 Å². The number of fused-ring (bicyclic) bond motifs is 1. The molecule has 0 amide bonds. The lowest BCUT2D eigenvalue weighted by Gasteiger charge is -2.33. The van der Waals surface area contributed by atoms with Gasteiger partial charge in [-0.05, 0) is 66.7 Å². The first-order chi connectivity index (χ1) is 14.7. The Kier molecular flexibility index (Phi) is 9.95. The maximum atomic E-state index is 10.8. The Balaban J connectivity index is 2.28. The Morgan fingerprint density at radius 2 is 1.94 bits per heavy atom. The predicted octanol–water partition coefficient (Wildman–Crippen LogP) is 7.80. The van der Waals surface area contributed by atoms with Crippen LogP contribution in [0.25, 0.3) is 5.57 Å². The van der Waals surface area contributed by atoms with E-state index in [1.54, 1.807) is 6.92 Å². The average molecular weight is 443 g/mol. The summed E-state index contributed by atoms with van der Waals surface area (Å²) < 4.78 is 6.29. The van der Waals surface area contributed by atoms with Crippen LogP contribution < -0.4 is 4.74 Å². The quantitative estimate of drug-likeness (QED) is 0.216. The molecule has 3 nitrogen and oxygen atoms in total. The molecule has 4 heteroatoms. The largest absolute Gasteiger partial charge is 0.493 e. The summed E-state index contributed by atoms with van der Waals surface area (Å²) >= 11 is 1.93. The van der Waals surface area contributed by atoms with Gasteiger partial charge < -0.3 is 9.84 Å². The van der Waals surface area contributed by atoms with Gasteiger partial charge in [-0.3, -0.25) is 0 Å². The molecule has 31 heavy (non-hydrogen) atoms. The van der Waals surface area contributed by atoms with E-state index < -0.39 is 5.97 Å². The van der Waals surface area contributed by atoms with Crippen LogP contribution in [0.3, 0.4) is 0 Å². The highest BCUT2D eigenvalue weighted by atomic mass is 32.2. The molecule has 0 bridgehead atoms. The number of benzene rings is 1. The first-order valence-corrected chi connectivity index (χ1v) is 12.4. The first kappa shape index (κ1) is 25.3. The third kappa shape index (κ3) is 7.92. The number of unbranched alkanes of at least 4 members (excludes halogenated alkanes) is 4. The standard InChI is InChI=1S/C27H38O3S/c1-6-7-8-9-10-15-30-24-19-25-23(27(4,5)14-16-31-25)18-22(24)21(3)13-11-12-20(2)17-26(28)29/h11-13,17-19H,6-10,14-16H2,1-5H3,(H,28,29)/b12-11+,20-17+,21-13-. The lowest BCUT2D eigenvalue weighted by atomic mass is 9.80. The molecule has 1 aliphatic heterocycles. The van der Waals surface area contributed by atoms with Gasteiger partial charge in [-0.15, -0.1) is 11.8 Å². The number of hydrogen-bond acceptors (Lipinski definition) is 3. The van der Waals surface area contributed by atoms with Gasteiger partial charge in [0.15, 0.2) is 0 Å². The predicted molar refractivity (Wildman–Crippen MR) is 133 cm³/mol. The molecule has 1 aromatic carbocycles. The molecule has 1 aromatic rings. The molecular formula is C27H38O3S. The summed E-state index contributed by atoms with van der Waals surface area (Å²) in [6.07, 6.45) is 14.3. The van der Waals surface area contributed by atoms with Crippen molar-refractivity contribution in [3.8, 4) is 5.75 Å². The number of ether oxygens (including phenoxy) is 1. The number of aliphatic carboxylic acids is 1. The highest BCUT2D eigenvalue weighted by Gasteiger charge is 2.29. The Morgan fingerprint density at radius 1 is 1.19 bits per heavy atom. The molecule has 170 valence electrons. The van der Waals surface area contributed by atoms with Crippen molar-refractivity contribution in [2.45, 2.75) is 83.5 Å². The summed E-state index contributed by atoms with van der Waals surface area (Å²) in [5, 5.41) is 8.87. The van der Waals surface area contributed by atoms with Crippen LogP contribution >= 0.6 is 11.8 Å². The molecule has 0 saturated heterocycles. The molecule has 0 aliphatic carbocycles. The van der Waals surface area contributed by atoms with Crippen molar-refractivity contribution >= 4 is 23.3 Å². The molecule has 0 spiro atoms.